The fourth-order valence-electron chi connectivity index (χ4n) is 13.1. The molecule has 0 saturated carbocycles. The Morgan fingerprint density at radius 2 is 1.81 bits per heavy atom. The van der Waals surface area contributed by atoms with Crippen LogP contribution in [0.1, 0.15) is 102 Å². The lowest BCUT2D eigenvalue weighted by molar-refractivity contribution is -0.152. The predicted molar refractivity (Wildman–Crippen MR) is 305 cm³/mol. The van der Waals surface area contributed by atoms with E-state index in [0.717, 1.165) is 34.5 Å². The SMILES string of the molecule is [C-]#[N+][C@H]1CCN(CCC[C@H]2CCC(=O)N2[C@H](C(=O)N2C[C@H](O)C[C@H]2C(=O)N[C@@H](C)c2ccc(-c3scnc3C)cc2)C(C)(C)C)[C@@H]1COc1nc(N2CC3CCC(C2)N3)c2cnc(-c3cc(O)cc4ccc(F)c(C#C)c34)c(F)c2n1. The standard InChI is InChI=1S/C61H67F2N11O6S/c1-8-43-46(62)19-15-37-24-41(75)25-44(51(37)43)53-52(63)54-45(27-65-53)57(72-28-38-16-17-39(29-72)68-38)70-60(69-54)80-31-49-47(64-7)21-23-71(49)22-9-10-40-18-20-50(77)74(40)56(61(4,5)6)59(79)73-30-42(76)26-48(73)58(78)67-33(2)35-11-13-36(14-12-35)55-34(3)66-32-81-55/h1,11-15,19,24-25,27,32-33,38-40,42,47-49,56,68,75-76H,9-10,16-18,20-23,26,28-31H2,2-6H3,(H,67,78)/t33-,38?,39?,40-,42+,47-,48-,49+,56+/m0/s1. The number of nitrogens with zero attached hydrogens (tertiary/aromatic N) is 9. The summed E-state index contributed by atoms with van der Waals surface area (Å²) in [7, 11) is 0. The van der Waals surface area contributed by atoms with E-state index in [1.54, 1.807) is 16.2 Å². The molecule has 2 bridgehead atoms. The Labute approximate surface area is 473 Å². The Hall–Kier alpha value is -7.36. The van der Waals surface area contributed by atoms with Crippen LogP contribution in [0.25, 0.3) is 48.2 Å². The molecule has 0 radical (unpaired) electrons. The third-order valence-electron chi connectivity index (χ3n) is 17.1. The number of aliphatic hydroxyl groups excluding tert-OH is 1. The highest BCUT2D eigenvalue weighted by Crippen LogP contribution is 2.41. The lowest BCUT2D eigenvalue weighted by Gasteiger charge is -2.43. The monoisotopic (exact) mass is 1120 g/mol. The number of thiazole rings is 1. The van der Waals surface area contributed by atoms with E-state index in [2.05, 4.69) is 46.2 Å². The first-order valence-corrected chi connectivity index (χ1v) is 28.9. The number of carbonyl (C=O) groups excluding carboxylic acids is 3. The second-order valence-corrected chi connectivity index (χ2v) is 24.4. The van der Waals surface area contributed by atoms with Crippen molar-refractivity contribution in [2.45, 2.75) is 140 Å². The van der Waals surface area contributed by atoms with E-state index >= 15 is 8.78 Å². The van der Waals surface area contributed by atoms with E-state index in [-0.39, 0.29) is 113 Å². The number of benzene rings is 3. The maximum Gasteiger partial charge on any atom is 0.319 e. The van der Waals surface area contributed by atoms with Gasteiger partial charge in [-0.1, -0.05) is 57.0 Å². The van der Waals surface area contributed by atoms with Crippen LogP contribution in [0, 0.1) is 42.9 Å². The number of ether oxygens (including phenoxy) is 1. The Kier molecular flexibility index (Phi) is 15.4. The number of phenols is 1. The molecule has 3 aromatic heterocycles. The topological polar surface area (TPSA) is 194 Å². The van der Waals surface area contributed by atoms with Gasteiger partial charge < -0.3 is 45.1 Å². The van der Waals surface area contributed by atoms with Gasteiger partial charge in [0.15, 0.2) is 5.82 Å². The molecule has 4 N–H and O–H groups in total. The van der Waals surface area contributed by atoms with E-state index in [1.165, 1.54) is 35.4 Å². The third kappa shape index (κ3) is 10.9. The number of hydrogen-bond acceptors (Lipinski definition) is 14. The van der Waals surface area contributed by atoms with Crippen LogP contribution in [-0.2, 0) is 14.4 Å². The normalized spacial score (nSPS) is 23.8. The largest absolute Gasteiger partial charge is 0.508 e. The summed E-state index contributed by atoms with van der Waals surface area (Å²) in [5.41, 5.74) is 3.69. The van der Waals surface area contributed by atoms with Crippen molar-refractivity contribution >= 4 is 56.6 Å². The lowest BCUT2D eigenvalue weighted by atomic mass is 9.83. The van der Waals surface area contributed by atoms with Gasteiger partial charge in [0, 0.05) is 80.7 Å². The Balaban J connectivity index is 0.795. The summed E-state index contributed by atoms with van der Waals surface area (Å²) in [5, 5.41) is 29.5. The lowest BCUT2D eigenvalue weighted by Crippen LogP contribution is -2.59. The van der Waals surface area contributed by atoms with Gasteiger partial charge in [-0.15, -0.1) is 17.8 Å². The molecule has 20 heteroatoms. The second-order valence-electron chi connectivity index (χ2n) is 23.5. The highest BCUT2D eigenvalue weighted by atomic mass is 32.1. The molecule has 6 aromatic rings. The van der Waals surface area contributed by atoms with Crippen molar-refractivity contribution in [3.8, 4) is 45.8 Å². The van der Waals surface area contributed by atoms with Gasteiger partial charge in [0.05, 0.1) is 39.2 Å². The van der Waals surface area contributed by atoms with E-state index < -0.39 is 41.3 Å². The number of piperazine rings is 1. The molecule has 81 heavy (non-hydrogen) atoms. The predicted octanol–water partition coefficient (Wildman–Crippen LogP) is 7.95. The molecule has 0 aliphatic carbocycles. The van der Waals surface area contributed by atoms with Crippen LogP contribution in [0.2, 0.25) is 0 Å². The summed E-state index contributed by atoms with van der Waals surface area (Å²) in [4.78, 5) is 74.1. The zero-order chi connectivity index (χ0) is 57.0. The number of amides is 3. The minimum atomic E-state index is -0.933. The highest BCUT2D eigenvalue weighted by molar-refractivity contribution is 7.13. The molecule has 3 amide bonds. The molecule has 11 rings (SSSR count). The number of phenolic OH excluding ortho intramolecular Hbond substituents is 1. The number of aryl methyl sites for hydroxylation is 1. The van der Waals surface area contributed by atoms with E-state index in [4.69, 9.17) is 22.7 Å². The average molecular weight is 1120 g/mol. The van der Waals surface area contributed by atoms with Crippen molar-refractivity contribution in [2.75, 3.05) is 44.2 Å². The number of carbonyl (C=O) groups is 3. The van der Waals surface area contributed by atoms with Crippen molar-refractivity contribution < 1.29 is 38.1 Å². The molecule has 2 unspecified atom stereocenters. The average Bonchev–Trinajstić information content (AvgIpc) is 4.40. The molecule has 5 aliphatic rings. The van der Waals surface area contributed by atoms with Crippen LogP contribution < -0.4 is 20.3 Å². The highest BCUT2D eigenvalue weighted by Gasteiger charge is 2.50. The molecule has 5 fully saturated rings. The molecule has 9 atom stereocenters. The number of hydrogen-bond donors (Lipinski definition) is 4. The quantitative estimate of drug-likeness (QED) is 0.0573. The van der Waals surface area contributed by atoms with Crippen molar-refractivity contribution in [2.24, 2.45) is 5.41 Å². The summed E-state index contributed by atoms with van der Waals surface area (Å²) in [5.74, 6) is 0.268. The number of rotatable bonds is 15. The van der Waals surface area contributed by atoms with E-state index in [9.17, 15) is 24.6 Å². The summed E-state index contributed by atoms with van der Waals surface area (Å²) in [6.45, 7) is 20.2. The fourth-order valence-corrected chi connectivity index (χ4v) is 13.9. The summed E-state index contributed by atoms with van der Waals surface area (Å²) in [6, 6.07) is 10.4. The molecule has 5 saturated heterocycles. The maximum atomic E-state index is 17.3. The van der Waals surface area contributed by atoms with Gasteiger partial charge in [-0.25, -0.2) is 20.3 Å². The zero-order valence-electron chi connectivity index (χ0n) is 46.2. The molecule has 17 nitrogen and oxygen atoms in total. The number of β-amino-alcohol motifs (C(OH)–C–C–N with tert-alkyl or cyclic N) is 1. The molecule has 5 aliphatic heterocycles. The first-order valence-electron chi connectivity index (χ1n) is 28.0. The van der Waals surface area contributed by atoms with E-state index in [0.29, 0.717) is 68.5 Å². The van der Waals surface area contributed by atoms with E-state index in [1.807, 2.05) is 64.4 Å². The van der Waals surface area contributed by atoms with Crippen molar-refractivity contribution in [3.05, 3.63) is 100 Å². The van der Waals surface area contributed by atoms with Gasteiger partial charge in [-0.2, -0.15) is 9.97 Å². The van der Waals surface area contributed by atoms with Crippen LogP contribution in [0.3, 0.4) is 0 Å². The van der Waals surface area contributed by atoms with Crippen molar-refractivity contribution in [1.82, 2.24) is 45.3 Å². The van der Waals surface area contributed by atoms with Crippen LogP contribution in [0.15, 0.2) is 60.2 Å². The van der Waals surface area contributed by atoms with Crippen molar-refractivity contribution in [1.29, 1.82) is 0 Å². The number of aromatic nitrogens is 4. The summed E-state index contributed by atoms with van der Waals surface area (Å²) in [6.07, 6.45) is 11.0. The molecule has 3 aromatic carbocycles. The third-order valence-corrected chi connectivity index (χ3v) is 18.1. The van der Waals surface area contributed by atoms with Gasteiger partial charge in [0.2, 0.25) is 23.8 Å². The van der Waals surface area contributed by atoms with Crippen molar-refractivity contribution in [3.63, 3.8) is 0 Å². The number of aromatic hydroxyl groups is 1. The molecule has 0 spiro atoms. The minimum absolute atomic E-state index is 0.0235. The number of pyridine rings is 1. The number of halogens is 2. The van der Waals surface area contributed by atoms with Gasteiger partial charge in [0.25, 0.3) is 0 Å². The van der Waals surface area contributed by atoms with Crippen LogP contribution in [-0.4, -0.2) is 150 Å². The first kappa shape index (κ1) is 55.5. The molecular weight excluding hydrogens is 1050 g/mol. The molecular formula is C61H67F2N11O6S. The molecule has 8 heterocycles. The second kappa shape index (κ2) is 22.5. The summed E-state index contributed by atoms with van der Waals surface area (Å²) >= 11 is 1.57. The first-order chi connectivity index (χ1) is 38.9. The summed E-state index contributed by atoms with van der Waals surface area (Å²) < 4.78 is 39.0. The number of aliphatic hydroxyl groups is 1. The molecule has 422 valence electrons. The number of terminal acetylenes is 1. The van der Waals surface area contributed by atoms with Crippen LogP contribution >= 0.6 is 11.3 Å². The zero-order valence-corrected chi connectivity index (χ0v) is 47.0. The Morgan fingerprint density at radius 1 is 1.05 bits per heavy atom. The van der Waals surface area contributed by atoms with Gasteiger partial charge in [0.1, 0.15) is 53.3 Å². The Bertz CT molecular complexity index is 3490. The smallest absolute Gasteiger partial charge is 0.319 e. The number of fused-ring (bicyclic) bond motifs is 4. The number of anilines is 1. The number of nitrogens with one attached hydrogen (secondary N) is 2. The fraction of sp³-hybridized carbons (Fsp3) is 0.475. The minimum Gasteiger partial charge on any atom is -0.508 e. The van der Waals surface area contributed by atoms with Crippen LogP contribution in [0.5, 0.6) is 11.8 Å². The van der Waals surface area contributed by atoms with Gasteiger partial charge in [-0.3, -0.25) is 24.3 Å². The van der Waals surface area contributed by atoms with Gasteiger partial charge in [-0.05, 0) is 92.6 Å². The maximum absolute atomic E-state index is 17.3. The number of likely N-dealkylation sites (tertiary alicyclic amines) is 3. The van der Waals surface area contributed by atoms with Gasteiger partial charge >= 0.3 is 6.01 Å². The Morgan fingerprint density at radius 3 is 2.52 bits per heavy atom. The van der Waals surface area contributed by atoms with Crippen LogP contribution in [0.4, 0.5) is 14.6 Å².